The van der Waals surface area contributed by atoms with Gasteiger partial charge in [0.05, 0.1) is 7.11 Å². The molecule has 28 heavy (non-hydrogen) atoms. The third-order valence-electron chi connectivity index (χ3n) is 4.86. The molecule has 0 radical (unpaired) electrons. The Hall–Kier alpha value is -3.07. The number of nitrogens with one attached hydrogen (secondary N) is 1. The number of anilines is 3. The van der Waals surface area contributed by atoms with Gasteiger partial charge in [-0.1, -0.05) is 13.8 Å². The molecule has 0 atom stereocenters. The van der Waals surface area contributed by atoms with E-state index in [1.54, 1.807) is 0 Å². The smallest absolute Gasteiger partial charge is 0.205 e. The fourth-order valence-electron chi connectivity index (χ4n) is 3.32. The van der Waals surface area contributed by atoms with Crippen molar-refractivity contribution in [1.29, 1.82) is 0 Å². The standard InChI is InChI=1S/C19H25N7O2/c1-12(2)17-22-16(20)15-18(23-17)24-19(21-15)26-10-8-25(9-11-26)13-4-6-14(7-5-13)28-27-3/h4-7,12H,8-11H2,1-3H3,(H3,20,21,22,23,24). The number of hydrogen-bond acceptors (Lipinski definition) is 8. The minimum Gasteiger partial charge on any atom is -0.382 e. The maximum absolute atomic E-state index is 6.10. The van der Waals surface area contributed by atoms with E-state index < -0.39 is 0 Å². The van der Waals surface area contributed by atoms with Gasteiger partial charge in [-0.3, -0.25) is 0 Å². The van der Waals surface area contributed by atoms with Gasteiger partial charge in [-0.2, -0.15) is 9.87 Å². The predicted molar refractivity (Wildman–Crippen MR) is 109 cm³/mol. The second-order valence-electron chi connectivity index (χ2n) is 7.10. The number of aromatic nitrogens is 4. The predicted octanol–water partition coefficient (Wildman–Crippen LogP) is 2.33. The van der Waals surface area contributed by atoms with Crippen molar-refractivity contribution in [3.8, 4) is 5.75 Å². The number of nitrogens with zero attached hydrogens (tertiary/aromatic N) is 5. The maximum atomic E-state index is 6.10. The van der Waals surface area contributed by atoms with Gasteiger partial charge in [0.2, 0.25) is 5.95 Å². The highest BCUT2D eigenvalue weighted by molar-refractivity contribution is 5.83. The van der Waals surface area contributed by atoms with Crippen LogP contribution in [0.2, 0.25) is 0 Å². The number of benzene rings is 1. The van der Waals surface area contributed by atoms with E-state index >= 15 is 0 Å². The molecule has 0 spiro atoms. The van der Waals surface area contributed by atoms with Crippen molar-refractivity contribution < 1.29 is 9.78 Å². The zero-order valence-electron chi connectivity index (χ0n) is 16.3. The summed E-state index contributed by atoms with van der Waals surface area (Å²) in [6.07, 6.45) is 0. The van der Waals surface area contributed by atoms with E-state index in [0.717, 1.165) is 37.8 Å². The van der Waals surface area contributed by atoms with Crippen molar-refractivity contribution in [3.63, 3.8) is 0 Å². The summed E-state index contributed by atoms with van der Waals surface area (Å²) in [5, 5.41) is 0. The van der Waals surface area contributed by atoms with Gasteiger partial charge in [0.25, 0.3) is 0 Å². The molecule has 0 unspecified atom stereocenters. The number of hydrogen-bond donors (Lipinski definition) is 2. The van der Waals surface area contributed by atoms with Crippen LogP contribution in [-0.4, -0.2) is 53.2 Å². The Labute approximate surface area is 163 Å². The Balaban J connectivity index is 1.46. The highest BCUT2D eigenvalue weighted by atomic mass is 17.2. The molecule has 3 heterocycles. The van der Waals surface area contributed by atoms with Gasteiger partial charge in [0.1, 0.15) is 11.3 Å². The van der Waals surface area contributed by atoms with Crippen molar-refractivity contribution in [2.45, 2.75) is 19.8 Å². The van der Waals surface area contributed by atoms with Crippen LogP contribution >= 0.6 is 0 Å². The Morgan fingerprint density at radius 3 is 2.32 bits per heavy atom. The normalized spacial score (nSPS) is 14.9. The Morgan fingerprint density at radius 2 is 1.68 bits per heavy atom. The lowest BCUT2D eigenvalue weighted by Gasteiger charge is -2.35. The number of H-pyrrole nitrogens is 1. The summed E-state index contributed by atoms with van der Waals surface area (Å²) in [5.41, 5.74) is 8.59. The van der Waals surface area contributed by atoms with E-state index in [-0.39, 0.29) is 5.92 Å². The minimum absolute atomic E-state index is 0.205. The van der Waals surface area contributed by atoms with Crippen molar-refractivity contribution in [2.75, 3.05) is 48.8 Å². The first-order valence-corrected chi connectivity index (χ1v) is 9.39. The highest BCUT2D eigenvalue weighted by Gasteiger charge is 2.21. The van der Waals surface area contributed by atoms with Crippen LogP contribution in [0.1, 0.15) is 25.6 Å². The minimum atomic E-state index is 0.205. The number of fused-ring (bicyclic) bond motifs is 1. The van der Waals surface area contributed by atoms with E-state index in [2.05, 4.69) is 34.6 Å². The van der Waals surface area contributed by atoms with Crippen LogP contribution in [0.5, 0.6) is 5.75 Å². The highest BCUT2D eigenvalue weighted by Crippen LogP contribution is 2.25. The van der Waals surface area contributed by atoms with Gasteiger partial charge in [-0.05, 0) is 24.3 Å². The number of imidazole rings is 1. The number of rotatable bonds is 5. The molecular formula is C19H25N7O2. The molecule has 4 rings (SSSR count). The van der Waals surface area contributed by atoms with E-state index in [0.29, 0.717) is 28.6 Å². The van der Waals surface area contributed by atoms with E-state index in [9.17, 15) is 0 Å². The second-order valence-corrected chi connectivity index (χ2v) is 7.10. The third kappa shape index (κ3) is 3.53. The zero-order valence-corrected chi connectivity index (χ0v) is 16.3. The van der Waals surface area contributed by atoms with Crippen LogP contribution in [-0.2, 0) is 4.89 Å². The number of nitrogens with two attached hydrogens (primary N) is 1. The fourth-order valence-corrected chi connectivity index (χ4v) is 3.32. The molecular weight excluding hydrogens is 358 g/mol. The average molecular weight is 383 g/mol. The molecule has 148 valence electrons. The zero-order chi connectivity index (χ0) is 19.7. The van der Waals surface area contributed by atoms with E-state index in [1.807, 2.05) is 38.1 Å². The monoisotopic (exact) mass is 383 g/mol. The molecule has 2 aromatic heterocycles. The number of aromatic amines is 1. The summed E-state index contributed by atoms with van der Waals surface area (Å²) in [7, 11) is 1.49. The molecule has 0 saturated carbocycles. The molecule has 9 heteroatoms. The quantitative estimate of drug-likeness (QED) is 0.511. The molecule has 1 aliphatic rings. The van der Waals surface area contributed by atoms with Crippen LogP contribution in [0.25, 0.3) is 11.2 Å². The van der Waals surface area contributed by atoms with Crippen LogP contribution in [0.3, 0.4) is 0 Å². The Morgan fingerprint density at radius 1 is 1.00 bits per heavy atom. The molecule has 3 N–H and O–H groups in total. The number of piperazine rings is 1. The van der Waals surface area contributed by atoms with Crippen LogP contribution in [0, 0.1) is 0 Å². The van der Waals surface area contributed by atoms with Gasteiger partial charge in [0, 0.05) is 37.8 Å². The molecule has 3 aromatic rings. The summed E-state index contributed by atoms with van der Waals surface area (Å²) in [6.45, 7) is 7.56. The van der Waals surface area contributed by atoms with Crippen molar-refractivity contribution in [3.05, 3.63) is 30.1 Å². The first-order chi connectivity index (χ1) is 13.5. The molecule has 1 saturated heterocycles. The van der Waals surface area contributed by atoms with Gasteiger partial charge in [-0.25, -0.2) is 9.97 Å². The summed E-state index contributed by atoms with van der Waals surface area (Å²) in [4.78, 5) is 31.1. The summed E-state index contributed by atoms with van der Waals surface area (Å²) < 4.78 is 0. The fraction of sp³-hybridized carbons (Fsp3) is 0.421. The van der Waals surface area contributed by atoms with Gasteiger partial charge in [-0.15, -0.1) is 0 Å². The van der Waals surface area contributed by atoms with Crippen LogP contribution in [0.4, 0.5) is 17.5 Å². The largest absolute Gasteiger partial charge is 0.382 e. The number of nitrogen functional groups attached to an aromatic ring is 1. The van der Waals surface area contributed by atoms with Crippen LogP contribution in [0.15, 0.2) is 24.3 Å². The SMILES string of the molecule is COOc1ccc(N2CCN(c3nc4nc(C(C)C)nc(N)c4[nH]3)CC2)cc1. The molecule has 1 aromatic carbocycles. The van der Waals surface area contributed by atoms with Crippen molar-refractivity contribution in [1.82, 2.24) is 19.9 Å². The molecule has 0 aliphatic carbocycles. The molecule has 1 fully saturated rings. The van der Waals surface area contributed by atoms with Gasteiger partial charge < -0.3 is 25.4 Å². The van der Waals surface area contributed by atoms with Gasteiger partial charge >= 0.3 is 0 Å². The molecule has 9 nitrogen and oxygen atoms in total. The lowest BCUT2D eigenvalue weighted by atomic mass is 10.2. The maximum Gasteiger partial charge on any atom is 0.205 e. The molecule has 0 bridgehead atoms. The first kappa shape index (κ1) is 18.3. The van der Waals surface area contributed by atoms with Crippen molar-refractivity contribution in [2.24, 2.45) is 0 Å². The lowest BCUT2D eigenvalue weighted by molar-refractivity contribution is -0.178. The van der Waals surface area contributed by atoms with Crippen LogP contribution < -0.4 is 20.4 Å². The van der Waals surface area contributed by atoms with E-state index in [4.69, 9.17) is 10.6 Å². The Bertz CT molecular complexity index is 947. The second kappa shape index (κ2) is 7.51. The Kier molecular flexibility index (Phi) is 4.91. The topological polar surface area (TPSA) is 105 Å². The first-order valence-electron chi connectivity index (χ1n) is 9.39. The van der Waals surface area contributed by atoms with E-state index in [1.165, 1.54) is 7.11 Å². The lowest BCUT2D eigenvalue weighted by Crippen LogP contribution is -2.46. The summed E-state index contributed by atoms with van der Waals surface area (Å²) in [6, 6.07) is 7.88. The summed E-state index contributed by atoms with van der Waals surface area (Å²) >= 11 is 0. The molecule has 0 amide bonds. The average Bonchev–Trinajstić information content (AvgIpc) is 3.14. The summed E-state index contributed by atoms with van der Waals surface area (Å²) in [5.74, 6) is 2.85. The third-order valence-corrected chi connectivity index (χ3v) is 4.86. The molecule has 1 aliphatic heterocycles. The van der Waals surface area contributed by atoms with Gasteiger partial charge in [0.15, 0.2) is 17.2 Å². The van der Waals surface area contributed by atoms with Crippen molar-refractivity contribution >= 4 is 28.6 Å².